The Kier molecular flexibility index (Phi) is 3.09. The highest BCUT2D eigenvalue weighted by Crippen LogP contribution is 2.31. The van der Waals surface area contributed by atoms with Gasteiger partial charge in [-0.3, -0.25) is 4.79 Å². The molecule has 0 aliphatic carbocycles. The van der Waals surface area contributed by atoms with Crippen LogP contribution in [0.1, 0.15) is 40.8 Å². The number of aryl methyl sites for hydroxylation is 1. The molecule has 1 N–H and O–H groups in total. The van der Waals surface area contributed by atoms with Gasteiger partial charge in [0.2, 0.25) is 5.76 Å². The molecule has 1 atom stereocenters. The van der Waals surface area contributed by atoms with E-state index in [2.05, 4.69) is 15.0 Å². The number of aromatic amines is 1. The third-order valence-electron chi connectivity index (χ3n) is 3.51. The molecular formula is C13H14N4O3. The third kappa shape index (κ3) is 2.11. The summed E-state index contributed by atoms with van der Waals surface area (Å²) in [6.07, 6.45) is 4.41. The van der Waals surface area contributed by atoms with Crippen molar-refractivity contribution in [3.63, 3.8) is 0 Å². The van der Waals surface area contributed by atoms with E-state index in [1.54, 1.807) is 17.9 Å². The molecule has 1 aliphatic heterocycles. The quantitative estimate of drug-likeness (QED) is 0.883. The summed E-state index contributed by atoms with van der Waals surface area (Å²) in [6, 6.07) is 1.58. The van der Waals surface area contributed by atoms with Gasteiger partial charge in [0.1, 0.15) is 0 Å². The highest BCUT2D eigenvalue weighted by atomic mass is 16.3. The number of oxazole rings is 1. The summed E-state index contributed by atoms with van der Waals surface area (Å²) in [4.78, 5) is 35.7. The Morgan fingerprint density at radius 1 is 1.50 bits per heavy atom. The lowest BCUT2D eigenvalue weighted by atomic mass is 10.1. The van der Waals surface area contributed by atoms with Crippen molar-refractivity contribution in [2.45, 2.75) is 25.8 Å². The van der Waals surface area contributed by atoms with E-state index in [0.717, 1.165) is 12.8 Å². The van der Waals surface area contributed by atoms with E-state index in [9.17, 15) is 9.59 Å². The van der Waals surface area contributed by atoms with Gasteiger partial charge in [0.15, 0.2) is 6.39 Å². The molecule has 1 amide bonds. The first-order valence-corrected chi connectivity index (χ1v) is 6.43. The summed E-state index contributed by atoms with van der Waals surface area (Å²) < 4.78 is 5.16. The highest BCUT2D eigenvalue weighted by molar-refractivity contribution is 5.92. The number of H-pyrrole nitrogens is 1. The van der Waals surface area contributed by atoms with Crippen LogP contribution in [0.25, 0.3) is 0 Å². The average molecular weight is 274 g/mol. The first kappa shape index (κ1) is 12.6. The molecule has 1 saturated heterocycles. The van der Waals surface area contributed by atoms with E-state index in [0.29, 0.717) is 17.9 Å². The second-order valence-electron chi connectivity index (χ2n) is 4.75. The molecule has 104 valence electrons. The van der Waals surface area contributed by atoms with Gasteiger partial charge >= 0.3 is 5.69 Å². The number of carbonyl (C=O) groups is 1. The van der Waals surface area contributed by atoms with Crippen LogP contribution in [0.3, 0.4) is 0 Å². The fourth-order valence-electron chi connectivity index (χ4n) is 2.55. The molecule has 2 aromatic rings. The van der Waals surface area contributed by atoms with Crippen LogP contribution >= 0.6 is 0 Å². The van der Waals surface area contributed by atoms with Crippen LogP contribution in [0.15, 0.2) is 27.9 Å². The van der Waals surface area contributed by atoms with Crippen LogP contribution in [0.5, 0.6) is 0 Å². The first-order chi connectivity index (χ1) is 9.66. The van der Waals surface area contributed by atoms with Crippen molar-refractivity contribution in [2.75, 3.05) is 6.54 Å². The molecule has 0 aromatic carbocycles. The predicted octanol–water partition coefficient (Wildman–Crippen LogP) is 1.04. The zero-order valence-corrected chi connectivity index (χ0v) is 11.0. The monoisotopic (exact) mass is 274 g/mol. The van der Waals surface area contributed by atoms with Gasteiger partial charge in [0, 0.05) is 18.4 Å². The fraction of sp³-hybridized carbons (Fsp3) is 0.385. The molecule has 0 spiro atoms. The Hall–Kier alpha value is -2.44. The van der Waals surface area contributed by atoms with Crippen molar-refractivity contribution in [2.24, 2.45) is 0 Å². The Labute approximate surface area is 114 Å². The van der Waals surface area contributed by atoms with Crippen molar-refractivity contribution in [3.8, 4) is 0 Å². The molecule has 0 saturated carbocycles. The van der Waals surface area contributed by atoms with Gasteiger partial charge in [-0.05, 0) is 25.8 Å². The van der Waals surface area contributed by atoms with Crippen molar-refractivity contribution in [1.29, 1.82) is 0 Å². The summed E-state index contributed by atoms with van der Waals surface area (Å²) >= 11 is 0. The lowest BCUT2D eigenvalue weighted by Gasteiger charge is -2.23. The van der Waals surface area contributed by atoms with E-state index in [1.807, 2.05) is 0 Å². The van der Waals surface area contributed by atoms with Crippen LogP contribution in [0.4, 0.5) is 0 Å². The third-order valence-corrected chi connectivity index (χ3v) is 3.51. The Bertz CT molecular complexity index is 691. The molecule has 0 radical (unpaired) electrons. The molecule has 1 aliphatic rings. The Morgan fingerprint density at radius 2 is 2.35 bits per heavy atom. The molecule has 3 rings (SSSR count). The predicted molar refractivity (Wildman–Crippen MR) is 69.1 cm³/mol. The normalized spacial score (nSPS) is 18.4. The SMILES string of the molecule is Cc1ncoc1C(=O)N1CCC[C@H]1c1ccnc(=O)[nH]1. The minimum absolute atomic E-state index is 0.150. The van der Waals surface area contributed by atoms with Crippen molar-refractivity contribution >= 4 is 5.91 Å². The number of nitrogens with one attached hydrogen (secondary N) is 1. The lowest BCUT2D eigenvalue weighted by Crippen LogP contribution is -2.32. The average Bonchev–Trinajstić information content (AvgIpc) is 3.06. The largest absolute Gasteiger partial charge is 0.438 e. The van der Waals surface area contributed by atoms with E-state index in [1.165, 1.54) is 12.6 Å². The second-order valence-corrected chi connectivity index (χ2v) is 4.75. The number of nitrogens with zero attached hydrogens (tertiary/aromatic N) is 3. The Morgan fingerprint density at radius 3 is 3.05 bits per heavy atom. The molecule has 0 unspecified atom stereocenters. The van der Waals surface area contributed by atoms with E-state index in [4.69, 9.17) is 4.42 Å². The van der Waals surface area contributed by atoms with Crippen molar-refractivity contribution < 1.29 is 9.21 Å². The van der Waals surface area contributed by atoms with Crippen molar-refractivity contribution in [3.05, 3.63) is 46.3 Å². The van der Waals surface area contributed by atoms with Crippen LogP contribution in [-0.4, -0.2) is 32.3 Å². The number of likely N-dealkylation sites (tertiary alicyclic amines) is 1. The zero-order chi connectivity index (χ0) is 14.1. The lowest BCUT2D eigenvalue weighted by molar-refractivity contribution is 0.0699. The maximum absolute atomic E-state index is 12.5. The van der Waals surface area contributed by atoms with Gasteiger partial charge in [0.05, 0.1) is 11.7 Å². The molecule has 7 heteroatoms. The molecule has 7 nitrogen and oxygen atoms in total. The minimum atomic E-state index is -0.405. The minimum Gasteiger partial charge on any atom is -0.438 e. The second kappa shape index (κ2) is 4.92. The maximum atomic E-state index is 12.5. The van der Waals surface area contributed by atoms with Gasteiger partial charge in [-0.15, -0.1) is 0 Å². The van der Waals surface area contributed by atoms with E-state index >= 15 is 0 Å². The molecule has 20 heavy (non-hydrogen) atoms. The molecule has 3 heterocycles. The Balaban J connectivity index is 1.91. The molecule has 1 fully saturated rings. The topological polar surface area (TPSA) is 92.1 Å². The van der Waals surface area contributed by atoms with Gasteiger partial charge in [0.25, 0.3) is 5.91 Å². The number of carbonyl (C=O) groups excluding carboxylic acids is 1. The number of amides is 1. The molecule has 0 bridgehead atoms. The van der Waals surface area contributed by atoms with E-state index < -0.39 is 5.69 Å². The van der Waals surface area contributed by atoms with Crippen molar-refractivity contribution in [1.82, 2.24) is 19.9 Å². The number of hydrogen-bond acceptors (Lipinski definition) is 5. The molecule has 2 aromatic heterocycles. The van der Waals surface area contributed by atoms with Gasteiger partial charge in [-0.2, -0.15) is 0 Å². The van der Waals surface area contributed by atoms with Crippen LogP contribution in [0.2, 0.25) is 0 Å². The van der Waals surface area contributed by atoms with Crippen LogP contribution in [-0.2, 0) is 0 Å². The summed E-state index contributed by atoms with van der Waals surface area (Å²) in [5.74, 6) is 0.0634. The standard InChI is InChI=1S/C13H14N4O3/c1-8-11(20-7-15-8)12(18)17-6-2-3-10(17)9-4-5-14-13(19)16-9/h4-5,7,10H,2-3,6H2,1H3,(H,14,16,19)/t10-/m0/s1. The first-order valence-electron chi connectivity index (χ1n) is 6.43. The summed E-state index contributed by atoms with van der Waals surface area (Å²) in [6.45, 7) is 2.37. The van der Waals surface area contributed by atoms with E-state index in [-0.39, 0.29) is 17.7 Å². The highest BCUT2D eigenvalue weighted by Gasteiger charge is 2.33. The number of rotatable bonds is 2. The summed E-state index contributed by atoms with van der Waals surface area (Å²) in [7, 11) is 0. The fourth-order valence-corrected chi connectivity index (χ4v) is 2.55. The molecular weight excluding hydrogens is 260 g/mol. The van der Waals surface area contributed by atoms with Gasteiger partial charge in [-0.25, -0.2) is 14.8 Å². The summed E-state index contributed by atoms with van der Waals surface area (Å²) in [5, 5.41) is 0. The number of aromatic nitrogens is 3. The zero-order valence-electron chi connectivity index (χ0n) is 11.0. The maximum Gasteiger partial charge on any atom is 0.345 e. The van der Waals surface area contributed by atoms with Crippen LogP contribution < -0.4 is 5.69 Å². The number of hydrogen-bond donors (Lipinski definition) is 1. The van der Waals surface area contributed by atoms with Gasteiger partial charge < -0.3 is 14.3 Å². The smallest absolute Gasteiger partial charge is 0.345 e. The summed E-state index contributed by atoms with van der Waals surface area (Å²) in [5.41, 5.74) is 0.870. The van der Waals surface area contributed by atoms with Gasteiger partial charge in [-0.1, -0.05) is 0 Å². The van der Waals surface area contributed by atoms with Crippen LogP contribution in [0, 0.1) is 6.92 Å².